The van der Waals surface area contributed by atoms with Gasteiger partial charge < -0.3 is 9.47 Å². The molecule has 4 heteroatoms. The fraction of sp³-hybridized carbons (Fsp3) is 0.487. The second-order valence-electron chi connectivity index (χ2n) is 14.9. The molecule has 1 spiro atoms. The van der Waals surface area contributed by atoms with E-state index in [0.717, 1.165) is 34.0 Å². The van der Waals surface area contributed by atoms with Gasteiger partial charge in [-0.15, -0.1) is 0 Å². The van der Waals surface area contributed by atoms with Gasteiger partial charge in [-0.1, -0.05) is 105 Å². The van der Waals surface area contributed by atoms with Crippen LogP contribution in [0.25, 0.3) is 0 Å². The second-order valence-corrected chi connectivity index (χ2v) is 14.9. The van der Waals surface area contributed by atoms with Crippen molar-refractivity contribution in [3.05, 3.63) is 81.9 Å². The maximum absolute atomic E-state index is 7.22. The Labute approximate surface area is 259 Å². The Bertz CT molecular complexity index is 1620. The van der Waals surface area contributed by atoms with Gasteiger partial charge in [0.2, 0.25) is 0 Å². The van der Waals surface area contributed by atoms with Crippen LogP contribution in [-0.4, -0.2) is 27.6 Å². The summed E-state index contributed by atoms with van der Waals surface area (Å²) in [5, 5.41) is 0. The molecule has 0 N–H and O–H groups in total. The number of ether oxygens (including phenoxy) is 2. The number of hydrogen-bond donors (Lipinski definition) is 0. The molecule has 0 radical (unpaired) electrons. The summed E-state index contributed by atoms with van der Waals surface area (Å²) in [6, 6.07) is 16.8. The number of aryl methyl sites for hydroxylation is 1. The quantitative estimate of drug-likeness (QED) is 0.261. The third-order valence-corrected chi connectivity index (χ3v) is 9.42. The fourth-order valence-corrected chi connectivity index (χ4v) is 6.89. The Morgan fingerprint density at radius 2 is 1.28 bits per heavy atom. The fourth-order valence-electron chi connectivity index (χ4n) is 6.89. The van der Waals surface area contributed by atoms with E-state index in [-0.39, 0.29) is 10.8 Å². The van der Waals surface area contributed by atoms with Crippen molar-refractivity contribution in [3.63, 3.8) is 0 Å². The lowest BCUT2D eigenvalue weighted by atomic mass is 9.79. The van der Waals surface area contributed by atoms with Crippen LogP contribution in [0.3, 0.4) is 0 Å². The second kappa shape index (κ2) is 10.6. The van der Waals surface area contributed by atoms with E-state index in [1.54, 1.807) is 0 Å². The summed E-state index contributed by atoms with van der Waals surface area (Å²) in [5.41, 5.74) is 9.40. The molecule has 3 aliphatic rings. The zero-order chi connectivity index (χ0) is 30.7. The monoisotopic (exact) mass is 578 g/mol. The first-order chi connectivity index (χ1) is 20.4. The van der Waals surface area contributed by atoms with Crippen molar-refractivity contribution in [1.29, 1.82) is 0 Å². The van der Waals surface area contributed by atoms with Crippen molar-refractivity contribution in [2.45, 2.75) is 124 Å². The minimum absolute atomic E-state index is 0.0158. The standard InChI is InChI=1S/C39H50N2O2/c1-10-12-16-27(17-13-11-2)28-20-26(3)35-29(21-28)24-40-33-18-14-15-19-34(33)41-25-30-22-31(37(4,5)6)23-32(38(7,8)9)36(30)43-39(40,41)42-35/h14-15,18-25,27H,10-13,16-17H2,1-9H3/q+2. The van der Waals surface area contributed by atoms with Crippen LogP contribution in [0, 0.1) is 6.92 Å². The molecule has 6 rings (SSSR count). The largest absolute Gasteiger partial charge is 0.715 e. The lowest BCUT2D eigenvalue weighted by Gasteiger charge is -2.32. The lowest BCUT2D eigenvalue weighted by Crippen LogP contribution is -2.59. The van der Waals surface area contributed by atoms with Crippen molar-refractivity contribution < 1.29 is 18.6 Å². The van der Waals surface area contributed by atoms with Crippen molar-refractivity contribution in [2.24, 2.45) is 0 Å². The SMILES string of the molecule is CCCCC(CCCC)c1cc(C)c2c(c1)C=[N+]1c3ccccc3[N+]3=Cc4cc(C(C)(C)C)cc(C(C)(C)C)c4OC13O2. The molecule has 1 unspecified atom stereocenters. The predicted octanol–water partition coefficient (Wildman–Crippen LogP) is 9.99. The molecular weight excluding hydrogens is 528 g/mol. The first-order valence-corrected chi connectivity index (χ1v) is 16.5. The molecule has 0 aromatic heterocycles. The maximum atomic E-state index is 7.22. The van der Waals surface area contributed by atoms with E-state index in [4.69, 9.17) is 9.47 Å². The summed E-state index contributed by atoms with van der Waals surface area (Å²) < 4.78 is 18.8. The summed E-state index contributed by atoms with van der Waals surface area (Å²) in [6.45, 7) is 20.4. The molecule has 3 aromatic rings. The minimum Gasteiger partial charge on any atom is -0.340 e. The predicted molar refractivity (Wildman–Crippen MR) is 177 cm³/mol. The topological polar surface area (TPSA) is 24.5 Å². The number of rotatable bonds is 7. The van der Waals surface area contributed by atoms with E-state index in [1.165, 1.54) is 60.8 Å². The summed E-state index contributed by atoms with van der Waals surface area (Å²) in [5.74, 6) is 2.39. The maximum Gasteiger partial charge on any atom is 0.715 e. The van der Waals surface area contributed by atoms with Crippen LogP contribution in [0.2, 0.25) is 0 Å². The average Bonchev–Trinajstić information content (AvgIpc) is 3.22. The van der Waals surface area contributed by atoms with Gasteiger partial charge in [0.1, 0.15) is 0 Å². The minimum atomic E-state index is -1.16. The van der Waals surface area contributed by atoms with Gasteiger partial charge in [0.25, 0.3) is 11.4 Å². The highest BCUT2D eigenvalue weighted by atomic mass is 16.7. The molecule has 3 aromatic carbocycles. The molecule has 0 aliphatic carbocycles. The summed E-state index contributed by atoms with van der Waals surface area (Å²) >= 11 is 0. The zero-order valence-corrected chi connectivity index (χ0v) is 27.8. The highest BCUT2D eigenvalue weighted by Crippen LogP contribution is 2.51. The Hall–Kier alpha value is -3.40. The molecule has 43 heavy (non-hydrogen) atoms. The van der Waals surface area contributed by atoms with Gasteiger partial charge in [0.15, 0.2) is 23.9 Å². The number of fused-ring (bicyclic) bond motifs is 5. The normalized spacial score (nSPS) is 18.5. The Kier molecular flexibility index (Phi) is 7.34. The van der Waals surface area contributed by atoms with Gasteiger partial charge in [0.05, 0.1) is 11.1 Å². The van der Waals surface area contributed by atoms with Crippen LogP contribution < -0.4 is 9.47 Å². The summed E-state index contributed by atoms with van der Waals surface area (Å²) in [6.07, 6.45) is 12.0. The van der Waals surface area contributed by atoms with Crippen LogP contribution in [0.4, 0.5) is 11.4 Å². The number of hydrogen-bond acceptors (Lipinski definition) is 2. The van der Waals surface area contributed by atoms with E-state index >= 15 is 0 Å². The molecular formula is C39H50N2O2+2. The number of benzene rings is 3. The average molecular weight is 579 g/mol. The van der Waals surface area contributed by atoms with Crippen molar-refractivity contribution in [2.75, 3.05) is 0 Å². The van der Waals surface area contributed by atoms with Crippen LogP contribution in [0.15, 0.2) is 48.5 Å². The van der Waals surface area contributed by atoms with Crippen molar-refractivity contribution in [3.8, 4) is 11.5 Å². The van der Waals surface area contributed by atoms with E-state index < -0.39 is 6.03 Å². The smallest absolute Gasteiger partial charge is 0.340 e. The Morgan fingerprint density at radius 3 is 1.81 bits per heavy atom. The molecule has 3 heterocycles. The van der Waals surface area contributed by atoms with Crippen LogP contribution in [0.5, 0.6) is 11.5 Å². The third-order valence-electron chi connectivity index (χ3n) is 9.42. The highest BCUT2D eigenvalue weighted by molar-refractivity contribution is 5.87. The molecule has 0 saturated heterocycles. The van der Waals surface area contributed by atoms with Gasteiger partial charge >= 0.3 is 6.03 Å². The van der Waals surface area contributed by atoms with Crippen LogP contribution in [0.1, 0.15) is 133 Å². The zero-order valence-electron chi connectivity index (χ0n) is 27.8. The van der Waals surface area contributed by atoms with E-state index in [9.17, 15) is 0 Å². The first kappa shape index (κ1) is 29.7. The lowest BCUT2D eigenvalue weighted by molar-refractivity contribution is -0.831. The molecule has 0 fully saturated rings. The number of para-hydroxylation sites is 2. The van der Waals surface area contributed by atoms with Crippen LogP contribution >= 0.6 is 0 Å². The molecule has 226 valence electrons. The van der Waals surface area contributed by atoms with Gasteiger partial charge in [-0.05, 0) is 74.5 Å². The molecule has 0 bridgehead atoms. The summed E-state index contributed by atoms with van der Waals surface area (Å²) in [4.78, 5) is 0. The molecule has 0 amide bonds. The molecule has 4 nitrogen and oxygen atoms in total. The van der Waals surface area contributed by atoms with Crippen molar-refractivity contribution in [1.82, 2.24) is 0 Å². The Morgan fingerprint density at radius 1 is 0.721 bits per heavy atom. The number of unbranched alkanes of at least 4 members (excludes halogenated alkanes) is 2. The molecule has 3 aliphatic heterocycles. The molecule has 0 saturated carbocycles. The Balaban J connectivity index is 1.54. The number of nitrogens with zero attached hydrogens (tertiary/aromatic N) is 2. The van der Waals surface area contributed by atoms with E-state index in [1.807, 2.05) is 0 Å². The van der Waals surface area contributed by atoms with E-state index in [0.29, 0.717) is 5.92 Å². The summed E-state index contributed by atoms with van der Waals surface area (Å²) in [7, 11) is 0. The van der Waals surface area contributed by atoms with Crippen molar-refractivity contribution >= 4 is 23.8 Å². The highest BCUT2D eigenvalue weighted by Gasteiger charge is 2.72. The van der Waals surface area contributed by atoms with Gasteiger partial charge in [-0.3, -0.25) is 0 Å². The van der Waals surface area contributed by atoms with Gasteiger partial charge in [-0.25, -0.2) is 0 Å². The molecule has 1 atom stereocenters. The first-order valence-electron chi connectivity index (χ1n) is 16.5. The third kappa shape index (κ3) is 5.01. The van der Waals surface area contributed by atoms with Crippen LogP contribution in [-0.2, 0) is 10.8 Å². The van der Waals surface area contributed by atoms with E-state index in [2.05, 4.69) is 132 Å². The van der Waals surface area contributed by atoms with Gasteiger partial charge in [-0.2, -0.15) is 0 Å². The van der Waals surface area contributed by atoms with Gasteiger partial charge in [0, 0.05) is 17.7 Å².